The molecule has 128 valence electrons. The van der Waals surface area contributed by atoms with Gasteiger partial charge in [0.15, 0.2) is 0 Å². The first-order chi connectivity index (χ1) is 11.9. The fourth-order valence-corrected chi connectivity index (χ4v) is 3.04. The van der Waals surface area contributed by atoms with Crippen molar-refractivity contribution in [3.05, 3.63) is 55.4 Å². The van der Waals surface area contributed by atoms with Crippen molar-refractivity contribution in [1.29, 1.82) is 0 Å². The summed E-state index contributed by atoms with van der Waals surface area (Å²) in [6.45, 7) is 1.63. The van der Waals surface area contributed by atoms with E-state index < -0.39 is 16.4 Å². The molecule has 0 unspecified atom stereocenters. The smallest absolute Gasteiger partial charge is 0.282 e. The third kappa shape index (κ3) is 2.94. The van der Waals surface area contributed by atoms with Crippen molar-refractivity contribution in [1.82, 2.24) is 9.66 Å². The molecular weight excluding hydrogens is 348 g/mol. The lowest BCUT2D eigenvalue weighted by molar-refractivity contribution is -0.398. The Hall–Kier alpha value is -3.27. The lowest BCUT2D eigenvalue weighted by Crippen LogP contribution is -2.19. The molecule has 0 aliphatic heterocycles. The normalized spacial score (nSPS) is 11.3. The SMILES string of the molecule is COc1cc(C=Nn2c(C)nc3sccc3c2=O)cc([N+](=O)[O-])c1[O-]. The monoisotopic (exact) mass is 359 g/mol. The van der Waals surface area contributed by atoms with Gasteiger partial charge < -0.3 is 9.84 Å². The van der Waals surface area contributed by atoms with Gasteiger partial charge in [-0.25, -0.2) is 4.98 Å². The van der Waals surface area contributed by atoms with E-state index in [9.17, 15) is 20.0 Å². The number of hydrogen-bond acceptors (Lipinski definition) is 8. The summed E-state index contributed by atoms with van der Waals surface area (Å²) in [7, 11) is 1.24. The van der Waals surface area contributed by atoms with E-state index in [2.05, 4.69) is 10.1 Å². The lowest BCUT2D eigenvalue weighted by atomic mass is 10.2. The Morgan fingerprint density at radius 2 is 2.20 bits per heavy atom. The van der Waals surface area contributed by atoms with Crippen LogP contribution in [0.3, 0.4) is 0 Å². The maximum Gasteiger partial charge on any atom is 0.282 e. The van der Waals surface area contributed by atoms with Crippen LogP contribution in [-0.4, -0.2) is 27.9 Å². The van der Waals surface area contributed by atoms with E-state index >= 15 is 0 Å². The zero-order valence-corrected chi connectivity index (χ0v) is 13.9. The first kappa shape index (κ1) is 16.6. The van der Waals surface area contributed by atoms with E-state index in [4.69, 9.17) is 4.74 Å². The molecular formula is C15H11N4O5S-. The zero-order chi connectivity index (χ0) is 18.1. The zero-order valence-electron chi connectivity index (χ0n) is 13.1. The van der Waals surface area contributed by atoms with E-state index in [1.54, 1.807) is 18.4 Å². The number of benzene rings is 1. The van der Waals surface area contributed by atoms with Crippen molar-refractivity contribution in [2.75, 3.05) is 7.11 Å². The van der Waals surface area contributed by atoms with Crippen LogP contribution in [0.15, 0.2) is 33.5 Å². The number of thiophene rings is 1. The Balaban J connectivity index is 2.10. The molecule has 9 nitrogen and oxygen atoms in total. The molecule has 10 heteroatoms. The number of methoxy groups -OCH3 is 1. The van der Waals surface area contributed by atoms with Gasteiger partial charge >= 0.3 is 0 Å². The first-order valence-corrected chi connectivity index (χ1v) is 7.85. The van der Waals surface area contributed by atoms with Gasteiger partial charge in [-0.2, -0.15) is 9.78 Å². The molecule has 0 radical (unpaired) electrons. The number of rotatable bonds is 4. The molecule has 0 saturated heterocycles. The standard InChI is InChI=1S/C15H12N4O5S/c1-8-17-14-10(3-4-25-14)15(21)18(8)16-7-9-5-11(19(22)23)13(20)12(6-9)24-2/h3-7,20H,1-2H3/p-1. The van der Waals surface area contributed by atoms with Crippen LogP contribution < -0.4 is 15.4 Å². The average Bonchev–Trinajstić information content (AvgIpc) is 3.03. The Bertz CT molecular complexity index is 1070. The molecule has 0 N–H and O–H groups in total. The van der Waals surface area contributed by atoms with E-state index in [-0.39, 0.29) is 16.9 Å². The number of aromatic nitrogens is 2. The topological polar surface area (TPSA) is 123 Å². The van der Waals surface area contributed by atoms with E-state index in [1.807, 2.05) is 0 Å². The summed E-state index contributed by atoms with van der Waals surface area (Å²) in [5.74, 6) is -0.622. The summed E-state index contributed by atoms with van der Waals surface area (Å²) in [5.41, 5.74) is -0.724. The van der Waals surface area contributed by atoms with Crippen molar-refractivity contribution in [2.45, 2.75) is 6.92 Å². The Morgan fingerprint density at radius 3 is 2.88 bits per heavy atom. The van der Waals surface area contributed by atoms with Crippen molar-refractivity contribution in [3.8, 4) is 11.5 Å². The van der Waals surface area contributed by atoms with Gasteiger partial charge in [0.25, 0.3) is 11.2 Å². The fourth-order valence-electron chi connectivity index (χ4n) is 2.24. The maximum absolute atomic E-state index is 12.4. The third-order valence-electron chi connectivity index (χ3n) is 3.43. The number of nitro groups is 1. The van der Waals surface area contributed by atoms with Crippen LogP contribution in [0.2, 0.25) is 0 Å². The number of fused-ring (bicyclic) bond motifs is 1. The van der Waals surface area contributed by atoms with E-state index in [0.717, 1.165) is 10.7 Å². The highest BCUT2D eigenvalue weighted by Gasteiger charge is 2.13. The van der Waals surface area contributed by atoms with Gasteiger partial charge in [0, 0.05) is 17.4 Å². The summed E-state index contributed by atoms with van der Waals surface area (Å²) in [6.07, 6.45) is 1.24. The molecule has 25 heavy (non-hydrogen) atoms. The van der Waals surface area contributed by atoms with Crippen LogP contribution in [0.5, 0.6) is 11.5 Å². The van der Waals surface area contributed by atoms with Crippen LogP contribution in [0.4, 0.5) is 5.69 Å². The minimum absolute atomic E-state index is 0.175. The average molecular weight is 359 g/mol. The van der Waals surface area contributed by atoms with Gasteiger partial charge in [-0.05, 0) is 24.4 Å². The van der Waals surface area contributed by atoms with Gasteiger partial charge in [0.2, 0.25) is 0 Å². The Morgan fingerprint density at radius 1 is 1.44 bits per heavy atom. The number of hydrogen-bond donors (Lipinski definition) is 0. The van der Waals surface area contributed by atoms with Gasteiger partial charge in [-0.1, -0.05) is 0 Å². The van der Waals surface area contributed by atoms with Crippen molar-refractivity contribution in [2.24, 2.45) is 5.10 Å². The molecule has 0 saturated carbocycles. The summed E-state index contributed by atoms with van der Waals surface area (Å²) in [6, 6.07) is 4.04. The summed E-state index contributed by atoms with van der Waals surface area (Å²) < 4.78 is 5.96. The predicted molar refractivity (Wildman–Crippen MR) is 90.7 cm³/mol. The van der Waals surface area contributed by atoms with Crippen LogP contribution in [-0.2, 0) is 0 Å². The highest BCUT2D eigenvalue weighted by atomic mass is 32.1. The number of aryl methyl sites for hydroxylation is 1. The molecule has 0 fully saturated rings. The molecule has 0 atom stereocenters. The van der Waals surface area contributed by atoms with E-state index in [1.165, 1.54) is 30.7 Å². The highest BCUT2D eigenvalue weighted by molar-refractivity contribution is 7.16. The second kappa shape index (κ2) is 6.32. The number of ether oxygens (including phenoxy) is 1. The second-order valence-electron chi connectivity index (χ2n) is 4.99. The van der Waals surface area contributed by atoms with Crippen LogP contribution in [0, 0.1) is 17.0 Å². The summed E-state index contributed by atoms with van der Waals surface area (Å²) in [5, 5.41) is 29.0. The van der Waals surface area contributed by atoms with Gasteiger partial charge in [-0.15, -0.1) is 11.3 Å². The fraction of sp³-hybridized carbons (Fsp3) is 0.133. The Labute approximate surface area is 144 Å². The molecule has 3 rings (SSSR count). The first-order valence-electron chi connectivity index (χ1n) is 6.97. The van der Waals surface area contributed by atoms with Crippen molar-refractivity contribution >= 4 is 33.5 Å². The predicted octanol–water partition coefficient (Wildman–Crippen LogP) is 1.64. The van der Waals surface area contributed by atoms with Crippen molar-refractivity contribution < 1.29 is 14.8 Å². The van der Waals surface area contributed by atoms with Gasteiger partial charge in [0.05, 0.1) is 23.6 Å². The molecule has 0 aliphatic rings. The third-order valence-corrected chi connectivity index (χ3v) is 4.24. The van der Waals surface area contributed by atoms with Crippen molar-refractivity contribution in [3.63, 3.8) is 0 Å². The molecule has 3 aromatic rings. The quantitative estimate of drug-likeness (QED) is 0.396. The van der Waals surface area contributed by atoms with Crippen LogP contribution in [0.1, 0.15) is 11.4 Å². The number of nitro benzene ring substituents is 1. The lowest BCUT2D eigenvalue weighted by Gasteiger charge is -2.13. The molecule has 2 aromatic heterocycles. The second-order valence-corrected chi connectivity index (χ2v) is 5.88. The van der Waals surface area contributed by atoms with Crippen LogP contribution in [0.25, 0.3) is 10.2 Å². The van der Waals surface area contributed by atoms with Crippen LogP contribution >= 0.6 is 11.3 Å². The largest absolute Gasteiger partial charge is 0.865 e. The highest BCUT2D eigenvalue weighted by Crippen LogP contribution is 2.33. The molecule has 0 spiro atoms. The summed E-state index contributed by atoms with van der Waals surface area (Å²) in [4.78, 5) is 27.5. The molecule has 0 bridgehead atoms. The number of nitrogens with zero attached hydrogens (tertiary/aromatic N) is 4. The molecule has 2 heterocycles. The summed E-state index contributed by atoms with van der Waals surface area (Å²) >= 11 is 1.35. The van der Waals surface area contributed by atoms with Gasteiger partial charge in [-0.3, -0.25) is 14.9 Å². The minimum Gasteiger partial charge on any atom is -0.865 e. The van der Waals surface area contributed by atoms with Gasteiger partial charge in [0.1, 0.15) is 16.4 Å². The molecule has 0 amide bonds. The molecule has 1 aromatic carbocycles. The Kier molecular flexibility index (Phi) is 4.19. The maximum atomic E-state index is 12.4. The molecule has 0 aliphatic carbocycles. The van der Waals surface area contributed by atoms with E-state index in [0.29, 0.717) is 16.0 Å². The minimum atomic E-state index is -0.820.